The van der Waals surface area contributed by atoms with Crippen molar-refractivity contribution in [1.82, 2.24) is 19.7 Å². The highest BCUT2D eigenvalue weighted by Crippen LogP contribution is 2.21. The minimum Gasteiger partial charge on any atom is -0.481 e. The van der Waals surface area contributed by atoms with E-state index in [1.54, 1.807) is 4.68 Å². The molecule has 0 radical (unpaired) electrons. The van der Waals surface area contributed by atoms with Crippen LogP contribution in [0, 0.1) is 0 Å². The lowest BCUT2D eigenvalue weighted by Gasteiger charge is -2.34. The van der Waals surface area contributed by atoms with Gasteiger partial charge in [0, 0.05) is 13.1 Å². The predicted molar refractivity (Wildman–Crippen MR) is 61.3 cm³/mol. The number of aryl methyl sites for hydroxylation is 1. The van der Waals surface area contributed by atoms with Gasteiger partial charge in [-0.1, -0.05) is 6.42 Å². The van der Waals surface area contributed by atoms with Crippen molar-refractivity contribution in [3.05, 3.63) is 12.2 Å². The third-order valence-electron chi connectivity index (χ3n) is 3.31. The molecule has 0 amide bonds. The first-order chi connectivity index (χ1) is 8.16. The molecule has 1 atom stereocenters. The Kier molecular flexibility index (Phi) is 3.73. The highest BCUT2D eigenvalue weighted by atomic mass is 16.4. The van der Waals surface area contributed by atoms with Gasteiger partial charge in [0.15, 0.2) is 0 Å². The van der Waals surface area contributed by atoms with Crippen LogP contribution in [0.4, 0.5) is 0 Å². The molecule has 1 aromatic rings. The Hall–Kier alpha value is -1.43. The van der Waals surface area contributed by atoms with Gasteiger partial charge in [0.05, 0.1) is 13.0 Å². The third kappa shape index (κ3) is 3.03. The summed E-state index contributed by atoms with van der Waals surface area (Å²) in [6.07, 6.45) is 4.97. The van der Waals surface area contributed by atoms with Crippen molar-refractivity contribution in [2.45, 2.75) is 38.3 Å². The number of likely N-dealkylation sites (tertiary alicyclic amines) is 1. The lowest BCUT2D eigenvalue weighted by atomic mass is 9.99. The molecule has 0 saturated carbocycles. The molecule has 1 aliphatic rings. The molecule has 2 rings (SSSR count). The molecule has 6 heteroatoms. The van der Waals surface area contributed by atoms with E-state index in [-0.39, 0.29) is 12.5 Å². The van der Waals surface area contributed by atoms with Gasteiger partial charge in [0.2, 0.25) is 0 Å². The van der Waals surface area contributed by atoms with E-state index >= 15 is 0 Å². The predicted octanol–water partition coefficient (Wildman–Crippen LogP) is 0.644. The molecule has 0 spiro atoms. The quantitative estimate of drug-likeness (QED) is 0.833. The summed E-state index contributed by atoms with van der Waals surface area (Å²) in [6.45, 7) is 1.64. The van der Waals surface area contributed by atoms with Crippen LogP contribution in [-0.2, 0) is 18.4 Å². The zero-order valence-electron chi connectivity index (χ0n) is 10.0. The molecular formula is C11H18N4O2. The molecule has 0 aromatic carbocycles. The number of nitrogens with zero attached hydrogens (tertiary/aromatic N) is 4. The van der Waals surface area contributed by atoms with Gasteiger partial charge in [0.25, 0.3) is 0 Å². The van der Waals surface area contributed by atoms with Crippen molar-refractivity contribution in [2.24, 2.45) is 7.05 Å². The number of carboxylic acid groups (broad SMARTS) is 1. The van der Waals surface area contributed by atoms with Crippen LogP contribution in [0.25, 0.3) is 0 Å². The Morgan fingerprint density at radius 1 is 1.59 bits per heavy atom. The van der Waals surface area contributed by atoms with E-state index in [0.29, 0.717) is 6.54 Å². The molecule has 6 nitrogen and oxygen atoms in total. The maximum Gasteiger partial charge on any atom is 0.304 e. The first-order valence-electron chi connectivity index (χ1n) is 5.95. The molecule has 1 aliphatic heterocycles. The van der Waals surface area contributed by atoms with Gasteiger partial charge >= 0.3 is 5.97 Å². The van der Waals surface area contributed by atoms with Gasteiger partial charge in [0.1, 0.15) is 12.2 Å². The van der Waals surface area contributed by atoms with Crippen molar-refractivity contribution >= 4 is 5.97 Å². The van der Waals surface area contributed by atoms with E-state index < -0.39 is 5.97 Å². The summed E-state index contributed by atoms with van der Waals surface area (Å²) in [5.41, 5.74) is 0. The standard InChI is InChI=1S/C11H18N4O2/c1-14-10(12-8-13-14)7-15-5-3-2-4-9(15)6-11(16)17/h8-9H,2-7H2,1H3,(H,16,17). The molecule has 1 N–H and O–H groups in total. The average molecular weight is 238 g/mol. The normalized spacial score (nSPS) is 21.6. The van der Waals surface area contributed by atoms with Gasteiger partial charge in [-0.2, -0.15) is 5.10 Å². The van der Waals surface area contributed by atoms with Crippen LogP contribution in [0.3, 0.4) is 0 Å². The summed E-state index contributed by atoms with van der Waals surface area (Å²) in [4.78, 5) is 17.2. The highest BCUT2D eigenvalue weighted by molar-refractivity contribution is 5.67. The molecule has 1 aromatic heterocycles. The second kappa shape index (κ2) is 5.27. The van der Waals surface area contributed by atoms with Crippen molar-refractivity contribution < 1.29 is 9.90 Å². The molecule has 17 heavy (non-hydrogen) atoms. The molecule has 1 unspecified atom stereocenters. The fourth-order valence-corrected chi connectivity index (χ4v) is 2.35. The van der Waals surface area contributed by atoms with E-state index in [9.17, 15) is 4.79 Å². The zero-order chi connectivity index (χ0) is 12.3. The number of hydrogen-bond acceptors (Lipinski definition) is 4. The van der Waals surface area contributed by atoms with Gasteiger partial charge < -0.3 is 5.11 Å². The van der Waals surface area contributed by atoms with Crippen molar-refractivity contribution in [3.63, 3.8) is 0 Å². The lowest BCUT2D eigenvalue weighted by Crippen LogP contribution is -2.40. The maximum atomic E-state index is 10.8. The van der Waals surface area contributed by atoms with E-state index in [2.05, 4.69) is 15.0 Å². The summed E-state index contributed by atoms with van der Waals surface area (Å²) in [5.74, 6) is 0.169. The van der Waals surface area contributed by atoms with Crippen molar-refractivity contribution in [3.8, 4) is 0 Å². The maximum absolute atomic E-state index is 10.8. The summed E-state index contributed by atoms with van der Waals surface area (Å²) in [7, 11) is 1.86. The Morgan fingerprint density at radius 3 is 3.06 bits per heavy atom. The lowest BCUT2D eigenvalue weighted by molar-refractivity contribution is -0.138. The van der Waals surface area contributed by atoms with Crippen LogP contribution in [0.2, 0.25) is 0 Å². The number of carboxylic acids is 1. The minimum absolute atomic E-state index is 0.137. The van der Waals surface area contributed by atoms with Crippen LogP contribution >= 0.6 is 0 Å². The molecular weight excluding hydrogens is 220 g/mol. The fraction of sp³-hybridized carbons (Fsp3) is 0.727. The summed E-state index contributed by atoms with van der Waals surface area (Å²) in [6, 6.07) is 0.137. The Balaban J connectivity index is 2.01. The van der Waals surface area contributed by atoms with E-state index in [1.165, 1.54) is 6.33 Å². The molecule has 94 valence electrons. The van der Waals surface area contributed by atoms with Crippen LogP contribution in [0.15, 0.2) is 6.33 Å². The monoisotopic (exact) mass is 238 g/mol. The third-order valence-corrected chi connectivity index (χ3v) is 3.31. The second-order valence-electron chi connectivity index (χ2n) is 4.52. The first kappa shape index (κ1) is 12.0. The summed E-state index contributed by atoms with van der Waals surface area (Å²) >= 11 is 0. The number of piperidine rings is 1. The van der Waals surface area contributed by atoms with Crippen molar-refractivity contribution in [2.75, 3.05) is 6.54 Å². The van der Waals surface area contributed by atoms with Crippen LogP contribution in [-0.4, -0.2) is 43.3 Å². The van der Waals surface area contributed by atoms with Gasteiger partial charge in [-0.3, -0.25) is 14.4 Å². The van der Waals surface area contributed by atoms with E-state index in [1.807, 2.05) is 7.05 Å². The van der Waals surface area contributed by atoms with Crippen LogP contribution in [0.1, 0.15) is 31.5 Å². The SMILES string of the molecule is Cn1ncnc1CN1CCCCC1CC(=O)O. The number of hydrogen-bond donors (Lipinski definition) is 1. The zero-order valence-corrected chi connectivity index (χ0v) is 10.0. The Bertz CT molecular complexity index is 391. The van der Waals surface area contributed by atoms with E-state index in [0.717, 1.165) is 31.6 Å². The topological polar surface area (TPSA) is 71.2 Å². The Morgan fingerprint density at radius 2 is 2.41 bits per heavy atom. The average Bonchev–Trinajstić information content (AvgIpc) is 2.67. The first-order valence-corrected chi connectivity index (χ1v) is 5.95. The number of aromatic nitrogens is 3. The molecule has 0 bridgehead atoms. The smallest absolute Gasteiger partial charge is 0.304 e. The Labute approximate surface area is 100 Å². The van der Waals surface area contributed by atoms with Crippen LogP contribution < -0.4 is 0 Å². The summed E-state index contributed by atoms with van der Waals surface area (Å²) in [5, 5.41) is 12.9. The van der Waals surface area contributed by atoms with Gasteiger partial charge in [-0.05, 0) is 19.4 Å². The summed E-state index contributed by atoms with van der Waals surface area (Å²) < 4.78 is 1.74. The van der Waals surface area contributed by atoms with E-state index in [4.69, 9.17) is 5.11 Å². The number of rotatable bonds is 4. The van der Waals surface area contributed by atoms with Crippen LogP contribution in [0.5, 0.6) is 0 Å². The highest BCUT2D eigenvalue weighted by Gasteiger charge is 2.25. The molecule has 0 aliphatic carbocycles. The largest absolute Gasteiger partial charge is 0.481 e. The minimum atomic E-state index is -0.722. The second-order valence-corrected chi connectivity index (χ2v) is 4.52. The molecule has 1 fully saturated rings. The van der Waals surface area contributed by atoms with Gasteiger partial charge in [-0.15, -0.1) is 0 Å². The number of carbonyl (C=O) groups is 1. The van der Waals surface area contributed by atoms with Crippen molar-refractivity contribution in [1.29, 1.82) is 0 Å². The fourth-order valence-electron chi connectivity index (χ4n) is 2.35. The molecule has 1 saturated heterocycles. The molecule has 2 heterocycles. The number of aliphatic carboxylic acids is 1. The van der Waals surface area contributed by atoms with Gasteiger partial charge in [-0.25, -0.2) is 4.98 Å².